The molecule has 6 nitrogen and oxygen atoms in total. The minimum Gasteiger partial charge on any atom is -0.373 e. The Morgan fingerprint density at radius 3 is 2.62 bits per heavy atom. The van der Waals surface area contributed by atoms with Crippen LogP contribution in [-0.4, -0.2) is 42.9 Å². The Morgan fingerprint density at radius 2 is 1.83 bits per heavy atom. The molecule has 0 aliphatic carbocycles. The molecule has 0 aromatic heterocycles. The Balaban J connectivity index is 1.71. The number of carbonyl (C=O) groups excluding carboxylic acids is 3. The number of imide groups is 2. The molecule has 152 valence electrons. The van der Waals surface area contributed by atoms with Gasteiger partial charge in [0, 0.05) is 32.2 Å². The van der Waals surface area contributed by atoms with Crippen LogP contribution in [0.4, 0.5) is 10.5 Å². The van der Waals surface area contributed by atoms with Gasteiger partial charge in [-0.15, -0.1) is 0 Å². The molecule has 1 fully saturated rings. The van der Waals surface area contributed by atoms with E-state index in [1.807, 2.05) is 42.3 Å². The molecule has 1 spiro atoms. The molecule has 2 aromatic carbocycles. The number of carbonyl (C=O) groups is 3. The average molecular weight is 393 g/mol. The molecule has 0 saturated carbocycles. The third-order valence-electron chi connectivity index (χ3n) is 6.20. The van der Waals surface area contributed by atoms with Crippen molar-refractivity contribution in [1.82, 2.24) is 10.2 Å². The van der Waals surface area contributed by atoms with E-state index in [9.17, 15) is 14.4 Å². The first-order valence-corrected chi connectivity index (χ1v) is 10.4. The summed E-state index contributed by atoms with van der Waals surface area (Å²) in [6.07, 6.45) is 4.17. The van der Waals surface area contributed by atoms with Gasteiger partial charge in [0.25, 0.3) is 0 Å². The first-order valence-electron chi connectivity index (χ1n) is 10.4. The minimum absolute atomic E-state index is 0.266. The Hall–Kier alpha value is -2.89. The number of hydrogen-bond acceptors (Lipinski definition) is 4. The van der Waals surface area contributed by atoms with Gasteiger partial charge in [-0.1, -0.05) is 56.5 Å². The zero-order valence-electron chi connectivity index (χ0n) is 17.0. The first kappa shape index (κ1) is 19.4. The second-order valence-electron chi connectivity index (χ2n) is 8.18. The van der Waals surface area contributed by atoms with E-state index in [1.165, 1.54) is 4.90 Å². The van der Waals surface area contributed by atoms with E-state index in [2.05, 4.69) is 18.3 Å². The van der Waals surface area contributed by atoms with Crippen LogP contribution >= 0.6 is 0 Å². The van der Waals surface area contributed by atoms with Gasteiger partial charge in [-0.05, 0) is 28.8 Å². The zero-order valence-corrected chi connectivity index (χ0v) is 17.0. The number of nitrogens with one attached hydrogen (secondary N) is 1. The second kappa shape index (κ2) is 7.50. The molecule has 2 aliphatic heterocycles. The summed E-state index contributed by atoms with van der Waals surface area (Å²) in [7, 11) is 1.90. The van der Waals surface area contributed by atoms with Gasteiger partial charge >= 0.3 is 6.03 Å². The molecular formula is C23H27N3O3. The lowest BCUT2D eigenvalue weighted by Gasteiger charge is -2.45. The molecule has 2 aromatic rings. The van der Waals surface area contributed by atoms with E-state index in [0.29, 0.717) is 13.0 Å². The molecule has 29 heavy (non-hydrogen) atoms. The van der Waals surface area contributed by atoms with E-state index in [0.717, 1.165) is 47.7 Å². The van der Waals surface area contributed by atoms with Crippen LogP contribution < -0.4 is 10.2 Å². The number of anilines is 1. The fourth-order valence-electron chi connectivity index (χ4n) is 4.64. The number of hydrogen-bond donors (Lipinski definition) is 1. The average Bonchev–Trinajstić information content (AvgIpc) is 2.72. The number of nitrogens with zero attached hydrogens (tertiary/aromatic N) is 2. The van der Waals surface area contributed by atoms with Crippen molar-refractivity contribution in [3.63, 3.8) is 0 Å². The molecule has 1 saturated heterocycles. The fraction of sp³-hybridized carbons (Fsp3) is 0.435. The van der Waals surface area contributed by atoms with Crippen molar-refractivity contribution >= 4 is 34.3 Å². The van der Waals surface area contributed by atoms with Crippen molar-refractivity contribution in [3.05, 3.63) is 42.0 Å². The Labute approximate surface area is 170 Å². The van der Waals surface area contributed by atoms with Crippen LogP contribution in [0.2, 0.25) is 0 Å². The predicted octanol–water partition coefficient (Wildman–Crippen LogP) is 3.48. The van der Waals surface area contributed by atoms with Crippen LogP contribution in [0.3, 0.4) is 0 Å². The van der Waals surface area contributed by atoms with Gasteiger partial charge in [0.2, 0.25) is 11.8 Å². The molecule has 4 rings (SSSR count). The van der Waals surface area contributed by atoms with Crippen molar-refractivity contribution in [2.75, 3.05) is 25.0 Å². The maximum absolute atomic E-state index is 13.5. The molecule has 2 heterocycles. The Kier molecular flexibility index (Phi) is 5.03. The van der Waals surface area contributed by atoms with Crippen molar-refractivity contribution in [2.24, 2.45) is 5.41 Å². The van der Waals surface area contributed by atoms with Crippen molar-refractivity contribution in [3.8, 4) is 0 Å². The smallest absolute Gasteiger partial charge is 0.330 e. The summed E-state index contributed by atoms with van der Waals surface area (Å²) in [5.74, 6) is -0.851. The number of unbranched alkanes of at least 4 members (excludes halogenated alkanes) is 3. The standard InChI is InChI=1S/C23H27N3O3/c1-3-4-5-8-13-26-21(28)23(20(27)24-22(26)29)14-18-17-10-7-6-9-16(17)11-12-19(18)25(2)15-23/h6-7,9-12H,3-5,8,13-15H2,1-2H3,(H,24,27,29)/t23-/m1/s1. The third kappa shape index (κ3) is 3.16. The SMILES string of the molecule is CCCCCCN1C(=O)NC(=O)[C@]2(Cc3c(ccc4ccccc34)N(C)C2)C1=O. The van der Waals surface area contributed by atoms with Gasteiger partial charge in [0.15, 0.2) is 0 Å². The highest BCUT2D eigenvalue weighted by molar-refractivity contribution is 6.20. The molecule has 4 amide bonds. The number of rotatable bonds is 5. The lowest BCUT2D eigenvalue weighted by atomic mass is 9.73. The fourth-order valence-corrected chi connectivity index (χ4v) is 4.64. The van der Waals surface area contributed by atoms with Crippen molar-refractivity contribution < 1.29 is 14.4 Å². The van der Waals surface area contributed by atoms with E-state index < -0.39 is 17.4 Å². The predicted molar refractivity (Wildman–Crippen MR) is 113 cm³/mol. The van der Waals surface area contributed by atoms with Crippen LogP contribution in [0.1, 0.15) is 38.2 Å². The largest absolute Gasteiger partial charge is 0.373 e. The maximum Gasteiger partial charge on any atom is 0.330 e. The molecule has 0 bridgehead atoms. The van der Waals surface area contributed by atoms with Gasteiger partial charge in [-0.2, -0.15) is 0 Å². The lowest BCUT2D eigenvalue weighted by molar-refractivity contribution is -0.151. The van der Waals surface area contributed by atoms with E-state index in [4.69, 9.17) is 0 Å². The van der Waals surface area contributed by atoms with E-state index in [-0.39, 0.29) is 12.5 Å². The van der Waals surface area contributed by atoms with E-state index in [1.54, 1.807) is 0 Å². The Bertz CT molecular complexity index is 986. The summed E-state index contributed by atoms with van der Waals surface area (Å²) < 4.78 is 0. The first-order chi connectivity index (χ1) is 14.0. The van der Waals surface area contributed by atoms with Gasteiger partial charge in [-0.25, -0.2) is 4.79 Å². The monoisotopic (exact) mass is 393 g/mol. The topological polar surface area (TPSA) is 69.7 Å². The highest BCUT2D eigenvalue weighted by atomic mass is 16.2. The molecule has 1 atom stereocenters. The lowest BCUT2D eigenvalue weighted by Crippen LogP contribution is -2.68. The summed E-state index contributed by atoms with van der Waals surface area (Å²) in [6, 6.07) is 11.5. The number of barbiturate groups is 1. The molecule has 0 unspecified atom stereocenters. The number of fused-ring (bicyclic) bond motifs is 3. The Morgan fingerprint density at radius 1 is 1.03 bits per heavy atom. The third-order valence-corrected chi connectivity index (χ3v) is 6.20. The maximum atomic E-state index is 13.5. The molecular weight excluding hydrogens is 366 g/mol. The van der Waals surface area contributed by atoms with Gasteiger partial charge < -0.3 is 4.90 Å². The van der Waals surface area contributed by atoms with Crippen LogP contribution in [-0.2, 0) is 16.0 Å². The molecule has 2 aliphatic rings. The second-order valence-corrected chi connectivity index (χ2v) is 8.18. The number of benzene rings is 2. The van der Waals surface area contributed by atoms with Crippen LogP contribution in [0.15, 0.2) is 36.4 Å². The summed E-state index contributed by atoms with van der Waals surface area (Å²) >= 11 is 0. The van der Waals surface area contributed by atoms with Crippen LogP contribution in [0.25, 0.3) is 10.8 Å². The summed E-state index contributed by atoms with van der Waals surface area (Å²) in [4.78, 5) is 42.1. The van der Waals surface area contributed by atoms with Crippen molar-refractivity contribution in [1.29, 1.82) is 0 Å². The van der Waals surface area contributed by atoms with Crippen molar-refractivity contribution in [2.45, 2.75) is 39.0 Å². The summed E-state index contributed by atoms with van der Waals surface area (Å²) in [5, 5.41) is 4.58. The summed E-state index contributed by atoms with van der Waals surface area (Å²) in [5.41, 5.74) is 0.742. The normalized spacial score (nSPS) is 21.7. The van der Waals surface area contributed by atoms with Gasteiger partial charge in [-0.3, -0.25) is 19.8 Å². The molecule has 0 radical (unpaired) electrons. The highest BCUT2D eigenvalue weighted by Gasteiger charge is 2.56. The van der Waals surface area contributed by atoms with Gasteiger partial charge in [0.1, 0.15) is 5.41 Å². The number of urea groups is 1. The highest BCUT2D eigenvalue weighted by Crippen LogP contribution is 2.42. The minimum atomic E-state index is -1.27. The number of amides is 4. The van der Waals surface area contributed by atoms with Crippen LogP contribution in [0.5, 0.6) is 0 Å². The van der Waals surface area contributed by atoms with E-state index >= 15 is 0 Å². The molecule has 6 heteroatoms. The van der Waals surface area contributed by atoms with Crippen LogP contribution in [0, 0.1) is 5.41 Å². The van der Waals surface area contributed by atoms with Gasteiger partial charge in [0.05, 0.1) is 0 Å². The zero-order chi connectivity index (χ0) is 20.6. The quantitative estimate of drug-likeness (QED) is 0.624. The molecule has 1 N–H and O–H groups in total. The summed E-state index contributed by atoms with van der Waals surface area (Å²) in [6.45, 7) is 2.74.